The summed E-state index contributed by atoms with van der Waals surface area (Å²) in [5, 5.41) is 9.34. The second-order valence-corrected chi connectivity index (χ2v) is 6.10. The maximum Gasteiger partial charge on any atom is 0.276 e. The van der Waals surface area contributed by atoms with E-state index in [4.69, 9.17) is 21.8 Å². The van der Waals surface area contributed by atoms with Gasteiger partial charge in [0.15, 0.2) is 0 Å². The summed E-state index contributed by atoms with van der Waals surface area (Å²) in [5.41, 5.74) is 7.22. The molecule has 0 aliphatic heterocycles. The minimum atomic E-state index is -0.197. The topological polar surface area (TPSA) is 64.9 Å². The van der Waals surface area contributed by atoms with Gasteiger partial charge in [-0.2, -0.15) is 0 Å². The maximum atomic E-state index is 6.07. The summed E-state index contributed by atoms with van der Waals surface area (Å²) in [6.45, 7) is 4.17. The van der Waals surface area contributed by atoms with E-state index in [1.54, 1.807) is 0 Å². The standard InChI is InChI=1S/C14H18ClN3OS/c1-3-9(2)12(16)13-17-18-14(19-13)20-8-10-4-6-11(15)7-5-10/h4-7,9,12H,3,8,16H2,1-2H3/t9-,12-/m1/s1. The van der Waals surface area contributed by atoms with Crippen molar-refractivity contribution in [2.75, 3.05) is 0 Å². The first-order valence-corrected chi connectivity index (χ1v) is 7.92. The highest BCUT2D eigenvalue weighted by molar-refractivity contribution is 7.98. The van der Waals surface area contributed by atoms with Crippen LogP contribution in [0.4, 0.5) is 0 Å². The molecule has 2 N–H and O–H groups in total. The second-order valence-electron chi connectivity index (χ2n) is 4.73. The van der Waals surface area contributed by atoms with Crippen LogP contribution in [0.2, 0.25) is 5.02 Å². The molecule has 0 spiro atoms. The molecule has 0 saturated carbocycles. The van der Waals surface area contributed by atoms with Crippen LogP contribution in [-0.2, 0) is 5.75 Å². The SMILES string of the molecule is CC[C@@H](C)[C@@H](N)c1nnc(SCc2ccc(Cl)cc2)o1. The van der Waals surface area contributed by atoms with E-state index < -0.39 is 0 Å². The van der Waals surface area contributed by atoms with Gasteiger partial charge in [-0.3, -0.25) is 0 Å². The lowest BCUT2D eigenvalue weighted by atomic mass is 10.0. The summed E-state index contributed by atoms with van der Waals surface area (Å²) in [4.78, 5) is 0. The van der Waals surface area contributed by atoms with Crippen molar-refractivity contribution in [2.24, 2.45) is 11.7 Å². The molecule has 1 aromatic carbocycles. The minimum Gasteiger partial charge on any atom is -0.414 e. The van der Waals surface area contributed by atoms with Crippen LogP contribution >= 0.6 is 23.4 Å². The molecule has 108 valence electrons. The number of hydrogen-bond donors (Lipinski definition) is 1. The molecule has 0 fully saturated rings. The van der Waals surface area contributed by atoms with E-state index in [1.807, 2.05) is 24.3 Å². The Morgan fingerprint density at radius 1 is 1.30 bits per heavy atom. The van der Waals surface area contributed by atoms with E-state index in [-0.39, 0.29) is 6.04 Å². The lowest BCUT2D eigenvalue weighted by Crippen LogP contribution is -2.18. The smallest absolute Gasteiger partial charge is 0.276 e. The zero-order chi connectivity index (χ0) is 14.5. The molecule has 0 aliphatic carbocycles. The summed E-state index contributed by atoms with van der Waals surface area (Å²) in [5.74, 6) is 1.60. The van der Waals surface area contributed by atoms with Gasteiger partial charge in [0.2, 0.25) is 5.89 Å². The number of aromatic nitrogens is 2. The summed E-state index contributed by atoms with van der Waals surface area (Å²) in [6.07, 6.45) is 0.983. The lowest BCUT2D eigenvalue weighted by molar-refractivity contribution is 0.333. The van der Waals surface area contributed by atoms with E-state index in [9.17, 15) is 0 Å². The molecule has 0 aliphatic rings. The molecule has 2 rings (SSSR count). The van der Waals surface area contributed by atoms with Gasteiger partial charge in [-0.15, -0.1) is 10.2 Å². The Morgan fingerprint density at radius 3 is 2.65 bits per heavy atom. The Labute approximate surface area is 128 Å². The van der Waals surface area contributed by atoms with Crippen LogP contribution < -0.4 is 5.73 Å². The van der Waals surface area contributed by atoms with Gasteiger partial charge in [0.05, 0.1) is 6.04 Å². The molecule has 6 heteroatoms. The number of nitrogens with zero attached hydrogens (tertiary/aromatic N) is 2. The van der Waals surface area contributed by atoms with Gasteiger partial charge in [0.1, 0.15) is 0 Å². The quantitative estimate of drug-likeness (QED) is 0.815. The van der Waals surface area contributed by atoms with Crippen molar-refractivity contribution >= 4 is 23.4 Å². The largest absolute Gasteiger partial charge is 0.414 e. The highest BCUT2D eigenvalue weighted by Crippen LogP contribution is 2.26. The van der Waals surface area contributed by atoms with E-state index >= 15 is 0 Å². The Balaban J connectivity index is 1.94. The van der Waals surface area contributed by atoms with Gasteiger partial charge in [-0.25, -0.2) is 0 Å². The summed E-state index contributed by atoms with van der Waals surface area (Å²) in [6, 6.07) is 7.51. The first-order valence-electron chi connectivity index (χ1n) is 6.56. The van der Waals surface area contributed by atoms with Crippen LogP contribution in [0.25, 0.3) is 0 Å². The van der Waals surface area contributed by atoms with Crippen molar-refractivity contribution in [1.29, 1.82) is 0 Å². The predicted octanol–water partition coefficient (Wildman–Crippen LogP) is 4.06. The lowest BCUT2D eigenvalue weighted by Gasteiger charge is -2.13. The summed E-state index contributed by atoms with van der Waals surface area (Å²) in [7, 11) is 0. The fourth-order valence-electron chi connectivity index (χ4n) is 1.64. The van der Waals surface area contributed by atoms with Crippen molar-refractivity contribution < 1.29 is 4.42 Å². The average molecular weight is 312 g/mol. The number of hydrogen-bond acceptors (Lipinski definition) is 5. The predicted molar refractivity (Wildman–Crippen MR) is 81.7 cm³/mol. The summed E-state index contributed by atoms with van der Waals surface area (Å²) < 4.78 is 5.60. The second kappa shape index (κ2) is 7.11. The van der Waals surface area contributed by atoms with Gasteiger partial charge in [0, 0.05) is 10.8 Å². The molecule has 1 aromatic heterocycles. The average Bonchev–Trinajstić information content (AvgIpc) is 2.94. The van der Waals surface area contributed by atoms with E-state index in [2.05, 4.69) is 24.0 Å². The molecule has 20 heavy (non-hydrogen) atoms. The molecule has 0 saturated heterocycles. The van der Waals surface area contributed by atoms with Crippen molar-refractivity contribution in [3.8, 4) is 0 Å². The van der Waals surface area contributed by atoms with Crippen LogP contribution in [0.1, 0.15) is 37.8 Å². The maximum absolute atomic E-state index is 6.07. The van der Waals surface area contributed by atoms with E-state index in [0.717, 1.165) is 22.8 Å². The van der Waals surface area contributed by atoms with Gasteiger partial charge < -0.3 is 10.2 Å². The molecular formula is C14H18ClN3OS. The van der Waals surface area contributed by atoms with Crippen molar-refractivity contribution in [1.82, 2.24) is 10.2 Å². The molecule has 0 bridgehead atoms. The van der Waals surface area contributed by atoms with Gasteiger partial charge in [0.25, 0.3) is 5.22 Å². The van der Waals surface area contributed by atoms with Crippen LogP contribution in [0.5, 0.6) is 0 Å². The highest BCUT2D eigenvalue weighted by Gasteiger charge is 2.19. The van der Waals surface area contributed by atoms with Crippen LogP contribution in [0.3, 0.4) is 0 Å². The van der Waals surface area contributed by atoms with Crippen LogP contribution in [0.15, 0.2) is 33.9 Å². The number of benzene rings is 1. The van der Waals surface area contributed by atoms with Gasteiger partial charge >= 0.3 is 0 Å². The molecule has 2 atom stereocenters. The van der Waals surface area contributed by atoms with E-state index in [1.165, 1.54) is 11.8 Å². The van der Waals surface area contributed by atoms with E-state index in [0.29, 0.717) is 17.0 Å². The number of thioether (sulfide) groups is 1. The van der Waals surface area contributed by atoms with Crippen molar-refractivity contribution in [3.05, 3.63) is 40.7 Å². The normalized spacial score (nSPS) is 14.2. The number of nitrogens with two attached hydrogens (primary N) is 1. The first kappa shape index (κ1) is 15.4. The molecule has 0 unspecified atom stereocenters. The molecular weight excluding hydrogens is 294 g/mol. The van der Waals surface area contributed by atoms with Crippen LogP contribution in [0, 0.1) is 5.92 Å². The fraction of sp³-hybridized carbons (Fsp3) is 0.429. The molecule has 0 amide bonds. The summed E-state index contributed by atoms with van der Waals surface area (Å²) >= 11 is 7.35. The third-order valence-electron chi connectivity index (χ3n) is 3.24. The third kappa shape index (κ3) is 3.98. The molecule has 2 aromatic rings. The van der Waals surface area contributed by atoms with Crippen molar-refractivity contribution in [3.63, 3.8) is 0 Å². The monoisotopic (exact) mass is 311 g/mol. The zero-order valence-corrected chi connectivity index (χ0v) is 13.1. The minimum absolute atomic E-state index is 0.197. The Morgan fingerprint density at radius 2 is 2.00 bits per heavy atom. The van der Waals surface area contributed by atoms with Crippen molar-refractivity contribution in [2.45, 2.75) is 37.3 Å². The van der Waals surface area contributed by atoms with Crippen LogP contribution in [-0.4, -0.2) is 10.2 Å². The Hall–Kier alpha value is -1.04. The fourth-order valence-corrected chi connectivity index (χ4v) is 2.49. The first-order chi connectivity index (χ1) is 9.60. The number of halogens is 1. The Kier molecular flexibility index (Phi) is 5.46. The highest BCUT2D eigenvalue weighted by atomic mass is 35.5. The van der Waals surface area contributed by atoms with Gasteiger partial charge in [-0.1, -0.05) is 55.8 Å². The third-order valence-corrected chi connectivity index (χ3v) is 4.38. The van der Waals surface area contributed by atoms with Gasteiger partial charge in [-0.05, 0) is 23.6 Å². The Bertz CT molecular complexity index is 544. The number of rotatable bonds is 6. The molecule has 0 radical (unpaired) electrons. The molecule has 4 nitrogen and oxygen atoms in total. The zero-order valence-electron chi connectivity index (χ0n) is 11.5. The molecule has 1 heterocycles.